The Balaban J connectivity index is 1.44. The molecule has 0 spiro atoms. The van der Waals surface area contributed by atoms with Crippen molar-refractivity contribution in [2.24, 2.45) is 0 Å². The summed E-state index contributed by atoms with van der Waals surface area (Å²) in [7, 11) is 0. The molecule has 1 saturated heterocycles. The Kier molecular flexibility index (Phi) is 7.75. The Morgan fingerprint density at radius 3 is 2.63 bits per heavy atom. The van der Waals surface area contributed by atoms with E-state index < -0.39 is 6.10 Å². The molecule has 160 valence electrons. The summed E-state index contributed by atoms with van der Waals surface area (Å²) >= 11 is 0. The summed E-state index contributed by atoms with van der Waals surface area (Å²) in [6.45, 7) is -0.0335. The van der Waals surface area contributed by atoms with E-state index in [2.05, 4.69) is 16.0 Å². The number of hydrogen-bond acceptors (Lipinski definition) is 4. The number of aliphatic hydroxyl groups is 1. The lowest BCUT2D eigenvalue weighted by Crippen LogP contribution is -2.52. The van der Waals surface area contributed by atoms with Crippen LogP contribution in [0.25, 0.3) is 0 Å². The van der Waals surface area contributed by atoms with Crippen LogP contribution in [0, 0.1) is 5.82 Å². The quantitative estimate of drug-likeness (QED) is 0.558. The zero-order valence-electron chi connectivity index (χ0n) is 16.5. The van der Waals surface area contributed by atoms with Gasteiger partial charge < -0.3 is 25.8 Å². The van der Waals surface area contributed by atoms with Gasteiger partial charge in [-0.25, -0.2) is 9.18 Å². The van der Waals surface area contributed by atoms with Crippen LogP contribution in [-0.4, -0.2) is 41.9 Å². The molecular weight excluding hydrogens is 389 g/mol. The van der Waals surface area contributed by atoms with E-state index in [0.29, 0.717) is 24.1 Å². The second-order valence-corrected chi connectivity index (χ2v) is 7.24. The number of halogens is 1. The van der Waals surface area contributed by atoms with Crippen molar-refractivity contribution in [2.75, 3.05) is 11.9 Å². The van der Waals surface area contributed by atoms with Gasteiger partial charge in [0, 0.05) is 12.2 Å². The molecule has 0 aromatic heterocycles. The molecule has 1 aliphatic rings. The van der Waals surface area contributed by atoms with E-state index in [-0.39, 0.29) is 49.5 Å². The zero-order valence-corrected chi connectivity index (χ0v) is 16.5. The SMILES string of the molecule is O=C(C[C@@H]1CC[C@H](NC(=O)Nc2ccccc2)[C@H](CO)O1)NCc1cccc(F)c1. The second-order valence-electron chi connectivity index (χ2n) is 7.24. The Morgan fingerprint density at radius 1 is 1.10 bits per heavy atom. The summed E-state index contributed by atoms with van der Waals surface area (Å²) in [5, 5.41) is 18.0. The highest BCUT2D eigenvalue weighted by atomic mass is 19.1. The van der Waals surface area contributed by atoms with Crippen LogP contribution in [-0.2, 0) is 16.1 Å². The molecular formula is C22H26FN3O4. The minimum atomic E-state index is -0.596. The Morgan fingerprint density at radius 2 is 1.90 bits per heavy atom. The number of aliphatic hydroxyl groups excluding tert-OH is 1. The molecule has 3 amide bonds. The maximum Gasteiger partial charge on any atom is 0.319 e. The van der Waals surface area contributed by atoms with Gasteiger partial charge in [0.2, 0.25) is 5.91 Å². The Hall–Kier alpha value is -2.97. The largest absolute Gasteiger partial charge is 0.394 e. The second kappa shape index (κ2) is 10.7. The van der Waals surface area contributed by atoms with E-state index in [0.717, 1.165) is 0 Å². The van der Waals surface area contributed by atoms with Crippen molar-refractivity contribution >= 4 is 17.6 Å². The molecule has 0 unspecified atom stereocenters. The number of hydrogen-bond donors (Lipinski definition) is 4. The molecule has 2 aromatic rings. The van der Waals surface area contributed by atoms with E-state index in [9.17, 15) is 19.1 Å². The van der Waals surface area contributed by atoms with E-state index in [1.165, 1.54) is 12.1 Å². The summed E-state index contributed by atoms with van der Waals surface area (Å²) in [6.07, 6.45) is 0.329. The fraction of sp³-hybridized carbons (Fsp3) is 0.364. The maximum atomic E-state index is 13.2. The summed E-state index contributed by atoms with van der Waals surface area (Å²) in [4.78, 5) is 24.4. The monoisotopic (exact) mass is 415 g/mol. The molecule has 1 fully saturated rings. The average Bonchev–Trinajstić information content (AvgIpc) is 2.74. The van der Waals surface area contributed by atoms with Crippen LogP contribution in [0.15, 0.2) is 54.6 Å². The Bertz CT molecular complexity index is 849. The van der Waals surface area contributed by atoms with Gasteiger partial charge in [-0.3, -0.25) is 4.79 Å². The lowest BCUT2D eigenvalue weighted by atomic mass is 9.97. The van der Waals surface area contributed by atoms with Gasteiger partial charge in [-0.2, -0.15) is 0 Å². The highest BCUT2D eigenvalue weighted by Crippen LogP contribution is 2.22. The number of ether oxygens (including phenoxy) is 1. The van der Waals surface area contributed by atoms with E-state index in [4.69, 9.17) is 4.74 Å². The van der Waals surface area contributed by atoms with Crippen LogP contribution in [0.3, 0.4) is 0 Å². The molecule has 3 rings (SSSR count). The predicted molar refractivity (Wildman–Crippen MR) is 110 cm³/mol. The van der Waals surface area contributed by atoms with E-state index >= 15 is 0 Å². The molecule has 7 nitrogen and oxygen atoms in total. The number of anilines is 1. The van der Waals surface area contributed by atoms with Gasteiger partial charge in [0.05, 0.1) is 25.2 Å². The molecule has 2 aromatic carbocycles. The van der Waals surface area contributed by atoms with Crippen LogP contribution >= 0.6 is 0 Å². The molecule has 1 aliphatic heterocycles. The first kappa shape index (κ1) is 21.7. The van der Waals surface area contributed by atoms with Gasteiger partial charge in [-0.1, -0.05) is 30.3 Å². The first-order chi connectivity index (χ1) is 14.5. The zero-order chi connectivity index (χ0) is 21.3. The van der Waals surface area contributed by atoms with E-state index in [1.54, 1.807) is 24.3 Å². The standard InChI is InChI=1S/C22H26FN3O4/c23-16-6-4-5-15(11-16)13-24-21(28)12-18-9-10-19(20(14-27)30-18)26-22(29)25-17-7-2-1-3-8-17/h1-8,11,18-20,27H,9-10,12-14H2,(H,24,28)(H2,25,26,29)/t18-,19-,20-/m0/s1. The number of carbonyl (C=O) groups excluding carboxylic acids is 2. The molecule has 0 radical (unpaired) electrons. The summed E-state index contributed by atoms with van der Waals surface area (Å²) in [6, 6.07) is 14.4. The minimum Gasteiger partial charge on any atom is -0.394 e. The van der Waals surface area contributed by atoms with Crippen molar-refractivity contribution in [2.45, 2.75) is 44.1 Å². The molecule has 1 heterocycles. The number of benzene rings is 2. The fourth-order valence-corrected chi connectivity index (χ4v) is 3.43. The molecule has 4 N–H and O–H groups in total. The maximum absolute atomic E-state index is 13.2. The van der Waals surface area contributed by atoms with Crippen molar-refractivity contribution in [3.63, 3.8) is 0 Å². The molecule has 30 heavy (non-hydrogen) atoms. The third-order valence-electron chi connectivity index (χ3n) is 4.94. The van der Waals surface area contributed by atoms with Crippen molar-refractivity contribution in [3.8, 4) is 0 Å². The summed E-state index contributed by atoms with van der Waals surface area (Å²) in [5.41, 5.74) is 1.34. The number of rotatable bonds is 7. The van der Waals surface area contributed by atoms with Crippen LogP contribution in [0.1, 0.15) is 24.8 Å². The van der Waals surface area contributed by atoms with Crippen molar-refractivity contribution in [3.05, 3.63) is 66.0 Å². The summed E-state index contributed by atoms with van der Waals surface area (Å²) < 4.78 is 19.0. The van der Waals surface area contributed by atoms with Crippen molar-refractivity contribution in [1.82, 2.24) is 10.6 Å². The topological polar surface area (TPSA) is 99.7 Å². The molecule has 0 bridgehead atoms. The van der Waals surface area contributed by atoms with Crippen LogP contribution in [0.2, 0.25) is 0 Å². The van der Waals surface area contributed by atoms with Crippen molar-refractivity contribution in [1.29, 1.82) is 0 Å². The van der Waals surface area contributed by atoms with Gasteiger partial charge in [0.25, 0.3) is 0 Å². The number of para-hydroxylation sites is 1. The molecule has 0 aliphatic carbocycles. The minimum absolute atomic E-state index is 0.134. The highest BCUT2D eigenvalue weighted by molar-refractivity contribution is 5.89. The van der Waals surface area contributed by atoms with Crippen LogP contribution in [0.4, 0.5) is 14.9 Å². The average molecular weight is 415 g/mol. The lowest BCUT2D eigenvalue weighted by molar-refractivity contribution is -0.130. The van der Waals surface area contributed by atoms with Gasteiger partial charge in [-0.05, 0) is 42.7 Å². The number of urea groups is 1. The first-order valence-electron chi connectivity index (χ1n) is 9.93. The van der Waals surface area contributed by atoms with Crippen LogP contribution in [0.5, 0.6) is 0 Å². The Labute approximate surface area is 174 Å². The normalized spacial score (nSPS) is 20.9. The lowest BCUT2D eigenvalue weighted by Gasteiger charge is -2.35. The van der Waals surface area contributed by atoms with Crippen LogP contribution < -0.4 is 16.0 Å². The van der Waals surface area contributed by atoms with Gasteiger partial charge in [0.1, 0.15) is 11.9 Å². The third-order valence-corrected chi connectivity index (χ3v) is 4.94. The molecule has 8 heteroatoms. The first-order valence-corrected chi connectivity index (χ1v) is 9.93. The predicted octanol–water partition coefficient (Wildman–Crippen LogP) is 2.56. The molecule has 3 atom stereocenters. The number of amides is 3. The highest BCUT2D eigenvalue weighted by Gasteiger charge is 2.32. The number of nitrogens with one attached hydrogen (secondary N) is 3. The molecule has 0 saturated carbocycles. The third kappa shape index (κ3) is 6.53. The van der Waals surface area contributed by atoms with Gasteiger partial charge in [-0.15, -0.1) is 0 Å². The fourth-order valence-electron chi connectivity index (χ4n) is 3.43. The number of carbonyl (C=O) groups is 2. The van der Waals surface area contributed by atoms with Gasteiger partial charge >= 0.3 is 6.03 Å². The van der Waals surface area contributed by atoms with Crippen molar-refractivity contribution < 1.29 is 23.8 Å². The summed E-state index contributed by atoms with van der Waals surface area (Å²) in [5.74, 6) is -0.563. The smallest absolute Gasteiger partial charge is 0.319 e. The van der Waals surface area contributed by atoms with E-state index in [1.807, 2.05) is 18.2 Å². The van der Waals surface area contributed by atoms with Gasteiger partial charge in [0.15, 0.2) is 0 Å².